The molecule has 0 heterocycles. The van der Waals surface area contributed by atoms with Gasteiger partial charge < -0.3 is 10.1 Å². The van der Waals surface area contributed by atoms with Gasteiger partial charge in [-0.15, -0.1) is 0 Å². The highest BCUT2D eigenvalue weighted by molar-refractivity contribution is 7.92. The minimum atomic E-state index is -3.84. The van der Waals surface area contributed by atoms with Crippen LogP contribution in [0.1, 0.15) is 24.2 Å². The summed E-state index contributed by atoms with van der Waals surface area (Å²) in [4.78, 5) is 12.3. The Labute approximate surface area is 174 Å². The first-order valence-electron chi connectivity index (χ1n) is 9.19. The maximum absolute atomic E-state index is 13.0. The topological polar surface area (TPSA) is 84.5 Å². The molecule has 0 aliphatic carbocycles. The number of amides is 1. The van der Waals surface area contributed by atoms with Crippen LogP contribution in [0, 0.1) is 5.82 Å². The summed E-state index contributed by atoms with van der Waals surface area (Å²) in [5, 5.41) is 2.75. The number of hydrogen-bond donors (Lipinski definition) is 2. The summed E-state index contributed by atoms with van der Waals surface area (Å²) in [5.74, 6) is -0.138. The molecule has 0 aliphatic rings. The molecule has 6 nitrogen and oxygen atoms in total. The van der Waals surface area contributed by atoms with E-state index in [0.717, 1.165) is 12.1 Å². The van der Waals surface area contributed by atoms with Crippen molar-refractivity contribution in [1.82, 2.24) is 0 Å². The minimum Gasteiger partial charge on any atom is -0.491 e. The maximum Gasteiger partial charge on any atom is 0.261 e. The number of carbonyl (C=O) groups is 1. The van der Waals surface area contributed by atoms with Crippen molar-refractivity contribution < 1.29 is 22.3 Å². The second-order valence-electron chi connectivity index (χ2n) is 6.78. The van der Waals surface area contributed by atoms with E-state index in [-0.39, 0.29) is 16.9 Å². The Bertz CT molecular complexity index is 1110. The standard InChI is InChI=1S/C22H21FN2O4S/c1-15(2)29-20-11-3-16(4-12-20)22(26)24-18-7-9-19(10-8-18)25-30(27,28)21-13-5-17(23)6-14-21/h3-15,25H,1-2H3,(H,24,26). The minimum absolute atomic E-state index is 0.0451. The van der Waals surface area contributed by atoms with E-state index in [1.54, 1.807) is 36.4 Å². The van der Waals surface area contributed by atoms with E-state index < -0.39 is 15.8 Å². The van der Waals surface area contributed by atoms with E-state index in [9.17, 15) is 17.6 Å². The Morgan fingerprint density at radius 1 is 0.867 bits per heavy atom. The molecule has 0 aromatic heterocycles. The fourth-order valence-electron chi connectivity index (χ4n) is 2.61. The number of halogens is 1. The molecule has 3 aromatic carbocycles. The molecule has 0 saturated carbocycles. The summed E-state index contributed by atoms with van der Waals surface area (Å²) in [5.41, 5.74) is 1.28. The lowest BCUT2D eigenvalue weighted by molar-refractivity contribution is 0.102. The average molecular weight is 428 g/mol. The van der Waals surface area contributed by atoms with E-state index in [2.05, 4.69) is 10.0 Å². The Morgan fingerprint density at radius 3 is 2.00 bits per heavy atom. The van der Waals surface area contributed by atoms with Crippen molar-refractivity contribution in [2.24, 2.45) is 0 Å². The lowest BCUT2D eigenvalue weighted by atomic mass is 10.2. The van der Waals surface area contributed by atoms with Crippen molar-refractivity contribution in [3.8, 4) is 5.75 Å². The van der Waals surface area contributed by atoms with Crippen molar-refractivity contribution in [3.05, 3.63) is 84.2 Å². The van der Waals surface area contributed by atoms with E-state index >= 15 is 0 Å². The molecule has 0 radical (unpaired) electrons. The second-order valence-corrected chi connectivity index (χ2v) is 8.46. The predicted octanol–water partition coefficient (Wildman–Crippen LogP) is 4.67. The number of carbonyl (C=O) groups excluding carboxylic acids is 1. The molecule has 2 N–H and O–H groups in total. The Kier molecular flexibility index (Phi) is 6.37. The summed E-state index contributed by atoms with van der Waals surface area (Å²) < 4.78 is 45.6. The molecule has 0 aliphatic heterocycles. The van der Waals surface area contributed by atoms with Gasteiger partial charge in [-0.3, -0.25) is 9.52 Å². The number of rotatable bonds is 7. The van der Waals surface area contributed by atoms with Crippen LogP contribution in [0.4, 0.5) is 15.8 Å². The van der Waals surface area contributed by atoms with Gasteiger partial charge in [0, 0.05) is 16.9 Å². The van der Waals surface area contributed by atoms with Crippen molar-refractivity contribution in [2.75, 3.05) is 10.0 Å². The van der Waals surface area contributed by atoms with E-state index in [1.165, 1.54) is 24.3 Å². The summed E-state index contributed by atoms with van der Waals surface area (Å²) in [6.07, 6.45) is 0.0451. The van der Waals surface area contributed by atoms with E-state index in [0.29, 0.717) is 22.7 Å². The molecule has 0 unspecified atom stereocenters. The second kappa shape index (κ2) is 8.96. The summed E-state index contributed by atoms with van der Waals surface area (Å²) in [6.45, 7) is 3.84. The summed E-state index contributed by atoms with van der Waals surface area (Å²) in [6, 6.07) is 17.5. The molecule has 0 spiro atoms. The molecule has 8 heteroatoms. The highest BCUT2D eigenvalue weighted by Crippen LogP contribution is 2.20. The maximum atomic E-state index is 13.0. The third-order valence-corrected chi connectivity index (χ3v) is 5.40. The number of anilines is 2. The fraction of sp³-hybridized carbons (Fsp3) is 0.136. The summed E-state index contributed by atoms with van der Waals surface area (Å²) in [7, 11) is -3.84. The number of ether oxygens (including phenoxy) is 1. The number of benzene rings is 3. The number of sulfonamides is 1. The molecule has 30 heavy (non-hydrogen) atoms. The highest BCUT2D eigenvalue weighted by atomic mass is 32.2. The van der Waals surface area contributed by atoms with Crippen molar-refractivity contribution in [1.29, 1.82) is 0 Å². The van der Waals surface area contributed by atoms with Gasteiger partial charge in [0.2, 0.25) is 0 Å². The SMILES string of the molecule is CC(C)Oc1ccc(C(=O)Nc2ccc(NS(=O)(=O)c3ccc(F)cc3)cc2)cc1. The third kappa shape index (κ3) is 5.57. The predicted molar refractivity (Wildman–Crippen MR) is 114 cm³/mol. The quantitative estimate of drug-likeness (QED) is 0.573. The molecule has 0 atom stereocenters. The van der Waals surface area contributed by atoms with Crippen LogP contribution in [0.2, 0.25) is 0 Å². The smallest absolute Gasteiger partial charge is 0.261 e. The van der Waals surface area contributed by atoms with Crippen molar-refractivity contribution in [3.63, 3.8) is 0 Å². The zero-order chi connectivity index (χ0) is 21.7. The molecule has 0 saturated heterocycles. The van der Waals surface area contributed by atoms with Gasteiger partial charge in [0.1, 0.15) is 11.6 Å². The molecule has 3 rings (SSSR count). The molecule has 3 aromatic rings. The van der Waals surface area contributed by atoms with E-state index in [4.69, 9.17) is 4.74 Å². The highest BCUT2D eigenvalue weighted by Gasteiger charge is 2.14. The van der Waals surface area contributed by atoms with Crippen LogP contribution in [-0.2, 0) is 10.0 Å². The van der Waals surface area contributed by atoms with Gasteiger partial charge in [0.15, 0.2) is 0 Å². The molecule has 0 bridgehead atoms. The zero-order valence-electron chi connectivity index (χ0n) is 16.4. The fourth-order valence-corrected chi connectivity index (χ4v) is 3.67. The molecule has 1 amide bonds. The van der Waals surface area contributed by atoms with Crippen LogP contribution in [0.25, 0.3) is 0 Å². The number of nitrogens with one attached hydrogen (secondary N) is 2. The Morgan fingerprint density at radius 2 is 1.43 bits per heavy atom. The first-order valence-corrected chi connectivity index (χ1v) is 10.7. The van der Waals surface area contributed by atoms with Crippen LogP contribution in [0.3, 0.4) is 0 Å². The normalized spacial score (nSPS) is 11.2. The van der Waals surface area contributed by atoms with Crippen molar-refractivity contribution >= 4 is 27.3 Å². The van der Waals surface area contributed by atoms with Crippen LogP contribution in [-0.4, -0.2) is 20.4 Å². The van der Waals surface area contributed by atoms with Gasteiger partial charge in [0.05, 0.1) is 11.0 Å². The van der Waals surface area contributed by atoms with Crippen LogP contribution < -0.4 is 14.8 Å². The van der Waals surface area contributed by atoms with Crippen LogP contribution in [0.5, 0.6) is 5.75 Å². The van der Waals surface area contributed by atoms with Crippen LogP contribution in [0.15, 0.2) is 77.7 Å². The van der Waals surface area contributed by atoms with Gasteiger partial charge in [-0.05, 0) is 86.6 Å². The third-order valence-electron chi connectivity index (χ3n) is 4.01. The van der Waals surface area contributed by atoms with Crippen LogP contribution >= 0.6 is 0 Å². The van der Waals surface area contributed by atoms with Gasteiger partial charge >= 0.3 is 0 Å². The van der Waals surface area contributed by atoms with Gasteiger partial charge in [-0.1, -0.05) is 0 Å². The van der Waals surface area contributed by atoms with Gasteiger partial charge in [-0.2, -0.15) is 0 Å². The Balaban J connectivity index is 1.64. The lowest BCUT2D eigenvalue weighted by Gasteiger charge is -2.11. The van der Waals surface area contributed by atoms with Crippen molar-refractivity contribution in [2.45, 2.75) is 24.8 Å². The van der Waals surface area contributed by atoms with Gasteiger partial charge in [0.25, 0.3) is 15.9 Å². The monoisotopic (exact) mass is 428 g/mol. The van der Waals surface area contributed by atoms with Gasteiger partial charge in [-0.25, -0.2) is 12.8 Å². The van der Waals surface area contributed by atoms with E-state index in [1.807, 2.05) is 13.8 Å². The largest absolute Gasteiger partial charge is 0.491 e. The molecular formula is C22H21FN2O4S. The first-order chi connectivity index (χ1) is 14.2. The summed E-state index contributed by atoms with van der Waals surface area (Å²) >= 11 is 0. The molecule has 0 fully saturated rings. The zero-order valence-corrected chi connectivity index (χ0v) is 17.2. The Hall–Kier alpha value is -3.39. The molecular weight excluding hydrogens is 407 g/mol. The molecule has 156 valence electrons. The first kappa shape index (κ1) is 21.3. The number of hydrogen-bond acceptors (Lipinski definition) is 4. The average Bonchev–Trinajstić information content (AvgIpc) is 2.69. The lowest BCUT2D eigenvalue weighted by Crippen LogP contribution is -2.14.